The second kappa shape index (κ2) is 5.05. The molecule has 2 aromatic rings. The fourth-order valence-corrected chi connectivity index (χ4v) is 2.26. The van der Waals surface area contributed by atoms with Crippen molar-refractivity contribution in [2.24, 2.45) is 0 Å². The Balaban J connectivity index is 1.72. The van der Waals surface area contributed by atoms with Crippen molar-refractivity contribution in [1.82, 2.24) is 4.90 Å². The van der Waals surface area contributed by atoms with Gasteiger partial charge in [0.15, 0.2) is 0 Å². The van der Waals surface area contributed by atoms with Gasteiger partial charge in [-0.15, -0.1) is 0 Å². The van der Waals surface area contributed by atoms with Gasteiger partial charge in [-0.25, -0.2) is 4.39 Å². The van der Waals surface area contributed by atoms with E-state index in [0.29, 0.717) is 6.04 Å². The number of benzene rings is 1. The van der Waals surface area contributed by atoms with Crippen molar-refractivity contribution in [2.75, 3.05) is 5.73 Å². The molecule has 0 bridgehead atoms. The van der Waals surface area contributed by atoms with Gasteiger partial charge in [0, 0.05) is 12.6 Å². The van der Waals surface area contributed by atoms with Crippen LogP contribution in [0.15, 0.2) is 41.0 Å². The van der Waals surface area contributed by atoms with Crippen LogP contribution in [0.4, 0.5) is 10.1 Å². The zero-order valence-corrected chi connectivity index (χ0v) is 10.7. The van der Waals surface area contributed by atoms with Crippen LogP contribution in [0.1, 0.15) is 24.2 Å². The molecule has 0 aliphatic heterocycles. The summed E-state index contributed by atoms with van der Waals surface area (Å²) in [7, 11) is 0. The summed E-state index contributed by atoms with van der Waals surface area (Å²) in [6.07, 6.45) is 4.10. The van der Waals surface area contributed by atoms with Gasteiger partial charge < -0.3 is 10.2 Å². The highest BCUT2D eigenvalue weighted by atomic mass is 19.1. The van der Waals surface area contributed by atoms with Gasteiger partial charge >= 0.3 is 0 Å². The number of rotatable bonds is 5. The minimum Gasteiger partial charge on any atom is -0.468 e. The minimum atomic E-state index is -0.341. The van der Waals surface area contributed by atoms with Crippen LogP contribution in [0.25, 0.3) is 0 Å². The van der Waals surface area contributed by atoms with Gasteiger partial charge in [-0.2, -0.15) is 0 Å². The fraction of sp³-hybridized carbons (Fsp3) is 0.333. The van der Waals surface area contributed by atoms with Crippen molar-refractivity contribution >= 4 is 5.69 Å². The number of anilines is 1. The van der Waals surface area contributed by atoms with Crippen LogP contribution in [-0.2, 0) is 13.1 Å². The summed E-state index contributed by atoms with van der Waals surface area (Å²) in [6.45, 7) is 1.49. The number of nitrogens with two attached hydrogens (primary N) is 1. The molecule has 100 valence electrons. The van der Waals surface area contributed by atoms with E-state index in [1.165, 1.54) is 18.9 Å². The van der Waals surface area contributed by atoms with Crippen molar-refractivity contribution < 1.29 is 8.81 Å². The monoisotopic (exact) mass is 260 g/mol. The van der Waals surface area contributed by atoms with Crippen LogP contribution in [0.3, 0.4) is 0 Å². The molecule has 2 N–H and O–H groups in total. The van der Waals surface area contributed by atoms with E-state index in [1.54, 1.807) is 12.3 Å². The predicted molar refractivity (Wildman–Crippen MR) is 71.8 cm³/mol. The highest BCUT2D eigenvalue weighted by molar-refractivity contribution is 5.41. The zero-order chi connectivity index (χ0) is 13.2. The van der Waals surface area contributed by atoms with Crippen LogP contribution >= 0.6 is 0 Å². The maximum Gasteiger partial charge on any atom is 0.146 e. The summed E-state index contributed by atoms with van der Waals surface area (Å²) < 4.78 is 18.8. The van der Waals surface area contributed by atoms with Crippen molar-refractivity contribution in [1.29, 1.82) is 0 Å². The molecule has 1 aliphatic carbocycles. The molecule has 0 spiro atoms. The summed E-state index contributed by atoms with van der Waals surface area (Å²) in [4.78, 5) is 2.32. The van der Waals surface area contributed by atoms with Crippen LogP contribution in [0, 0.1) is 5.82 Å². The largest absolute Gasteiger partial charge is 0.468 e. The van der Waals surface area contributed by atoms with Gasteiger partial charge in [-0.1, -0.05) is 6.07 Å². The summed E-state index contributed by atoms with van der Waals surface area (Å²) in [5, 5.41) is 0. The Hall–Kier alpha value is -1.81. The third-order valence-electron chi connectivity index (χ3n) is 3.45. The molecule has 4 heteroatoms. The first-order valence-corrected chi connectivity index (χ1v) is 6.53. The summed E-state index contributed by atoms with van der Waals surface area (Å²) >= 11 is 0. The minimum absolute atomic E-state index is 0.202. The number of hydrogen-bond donors (Lipinski definition) is 1. The summed E-state index contributed by atoms with van der Waals surface area (Å²) in [5.41, 5.74) is 6.65. The second-order valence-electron chi connectivity index (χ2n) is 5.07. The van der Waals surface area contributed by atoms with Crippen LogP contribution < -0.4 is 5.73 Å². The van der Waals surface area contributed by atoms with Crippen molar-refractivity contribution in [3.8, 4) is 0 Å². The van der Waals surface area contributed by atoms with E-state index in [9.17, 15) is 4.39 Å². The first kappa shape index (κ1) is 12.2. The molecular weight excluding hydrogens is 243 g/mol. The lowest BCUT2D eigenvalue weighted by Gasteiger charge is -2.21. The first-order chi connectivity index (χ1) is 9.22. The molecule has 0 amide bonds. The molecule has 1 aromatic heterocycles. The van der Waals surface area contributed by atoms with E-state index in [-0.39, 0.29) is 11.5 Å². The molecular formula is C15H17FN2O. The lowest BCUT2D eigenvalue weighted by molar-refractivity contribution is 0.225. The fourth-order valence-electron chi connectivity index (χ4n) is 2.26. The standard InChI is InChI=1S/C15H17FN2O/c16-14-8-11(3-6-15(14)17)9-18(12-4-5-12)10-13-2-1-7-19-13/h1-3,6-8,12H,4-5,9-10,17H2. The molecule has 0 radical (unpaired) electrons. The highest BCUT2D eigenvalue weighted by Crippen LogP contribution is 2.30. The van der Waals surface area contributed by atoms with E-state index >= 15 is 0 Å². The maximum absolute atomic E-state index is 13.5. The third-order valence-corrected chi connectivity index (χ3v) is 3.45. The molecule has 1 fully saturated rings. The molecule has 0 saturated heterocycles. The SMILES string of the molecule is Nc1ccc(CN(Cc2ccco2)C2CC2)cc1F. The topological polar surface area (TPSA) is 42.4 Å². The van der Waals surface area contributed by atoms with Gasteiger partial charge in [0.1, 0.15) is 11.6 Å². The molecule has 3 rings (SSSR count). The molecule has 3 nitrogen and oxygen atoms in total. The van der Waals surface area contributed by atoms with Gasteiger partial charge in [0.25, 0.3) is 0 Å². The summed E-state index contributed by atoms with van der Waals surface area (Å²) in [5.74, 6) is 0.606. The Labute approximate surface area is 111 Å². The lowest BCUT2D eigenvalue weighted by Crippen LogP contribution is -2.24. The molecule has 0 atom stereocenters. The second-order valence-corrected chi connectivity index (χ2v) is 5.07. The van der Waals surface area contributed by atoms with Gasteiger partial charge in [-0.05, 0) is 42.7 Å². The molecule has 1 aromatic carbocycles. The Morgan fingerprint density at radius 1 is 1.26 bits per heavy atom. The molecule has 19 heavy (non-hydrogen) atoms. The van der Waals surface area contributed by atoms with Crippen molar-refractivity contribution in [3.63, 3.8) is 0 Å². The average molecular weight is 260 g/mol. The van der Waals surface area contributed by atoms with E-state index < -0.39 is 0 Å². The quantitative estimate of drug-likeness (QED) is 0.840. The Kier molecular flexibility index (Phi) is 3.25. The van der Waals surface area contributed by atoms with Crippen LogP contribution in [-0.4, -0.2) is 10.9 Å². The first-order valence-electron chi connectivity index (χ1n) is 6.53. The van der Waals surface area contributed by atoms with Crippen LogP contribution in [0.2, 0.25) is 0 Å². The number of nitrogens with zero attached hydrogens (tertiary/aromatic N) is 1. The Morgan fingerprint density at radius 3 is 2.74 bits per heavy atom. The molecule has 1 heterocycles. The predicted octanol–water partition coefficient (Wildman–Crippen LogP) is 3.17. The van der Waals surface area contributed by atoms with E-state index in [1.807, 2.05) is 18.2 Å². The number of nitrogen functional groups attached to an aromatic ring is 1. The Morgan fingerprint density at radius 2 is 2.11 bits per heavy atom. The highest BCUT2D eigenvalue weighted by Gasteiger charge is 2.29. The third kappa shape index (κ3) is 2.96. The lowest BCUT2D eigenvalue weighted by atomic mass is 10.2. The number of furan rings is 1. The van der Waals surface area contributed by atoms with Crippen molar-refractivity contribution in [3.05, 3.63) is 53.7 Å². The van der Waals surface area contributed by atoms with Crippen molar-refractivity contribution in [2.45, 2.75) is 32.0 Å². The molecule has 0 unspecified atom stereocenters. The number of hydrogen-bond acceptors (Lipinski definition) is 3. The smallest absolute Gasteiger partial charge is 0.146 e. The number of halogens is 1. The maximum atomic E-state index is 13.5. The van der Waals surface area contributed by atoms with E-state index in [0.717, 1.165) is 24.4 Å². The zero-order valence-electron chi connectivity index (χ0n) is 10.7. The van der Waals surface area contributed by atoms with Gasteiger partial charge in [0.05, 0.1) is 18.5 Å². The van der Waals surface area contributed by atoms with Crippen LogP contribution in [0.5, 0.6) is 0 Å². The van der Waals surface area contributed by atoms with E-state index in [2.05, 4.69) is 4.90 Å². The normalized spacial score (nSPS) is 15.1. The Bertz CT molecular complexity index is 549. The average Bonchev–Trinajstić information content (AvgIpc) is 3.12. The van der Waals surface area contributed by atoms with E-state index in [4.69, 9.17) is 10.2 Å². The van der Waals surface area contributed by atoms with Gasteiger partial charge in [-0.3, -0.25) is 4.90 Å². The summed E-state index contributed by atoms with van der Waals surface area (Å²) in [6, 6.07) is 9.49. The van der Waals surface area contributed by atoms with Gasteiger partial charge in [0.2, 0.25) is 0 Å². The molecule has 1 saturated carbocycles. The molecule has 1 aliphatic rings.